The van der Waals surface area contributed by atoms with E-state index in [1.54, 1.807) is 0 Å². The summed E-state index contributed by atoms with van der Waals surface area (Å²) in [6.07, 6.45) is 15.6. The summed E-state index contributed by atoms with van der Waals surface area (Å²) in [5.41, 5.74) is 0. The summed E-state index contributed by atoms with van der Waals surface area (Å²) in [6.45, 7) is 4.82. The molecule has 0 unspecified atom stereocenters. The van der Waals surface area contributed by atoms with Crippen molar-refractivity contribution in [1.82, 2.24) is 10.6 Å². The third-order valence-electron chi connectivity index (χ3n) is 3.66. The molecular formula is C15H32N2. The maximum absolute atomic E-state index is 3.54. The second-order valence-corrected chi connectivity index (χ2v) is 5.39. The van der Waals surface area contributed by atoms with E-state index in [-0.39, 0.29) is 0 Å². The molecule has 1 fully saturated rings. The van der Waals surface area contributed by atoms with E-state index in [1.807, 2.05) is 0 Å². The predicted octanol–water partition coefficient (Wildman–Crippen LogP) is 3.47. The first-order valence-electron chi connectivity index (χ1n) is 7.91. The van der Waals surface area contributed by atoms with Gasteiger partial charge in [-0.15, -0.1) is 0 Å². The molecule has 1 rings (SSSR count). The van der Waals surface area contributed by atoms with Crippen molar-refractivity contribution in [1.29, 1.82) is 0 Å². The van der Waals surface area contributed by atoms with E-state index in [4.69, 9.17) is 0 Å². The molecule has 0 aromatic carbocycles. The van der Waals surface area contributed by atoms with Gasteiger partial charge in [0.15, 0.2) is 0 Å². The Morgan fingerprint density at radius 1 is 0.294 bits per heavy atom. The molecule has 0 saturated carbocycles. The second-order valence-electron chi connectivity index (χ2n) is 5.39. The van der Waals surface area contributed by atoms with E-state index in [1.165, 1.54) is 96.8 Å². The van der Waals surface area contributed by atoms with E-state index in [2.05, 4.69) is 10.6 Å². The number of hydrogen-bond acceptors (Lipinski definition) is 2. The standard InChI is InChI=1S/C15H32N2/c1-2-4-6-8-10-13-17-15-11-14-16-12-9-7-5-3-1/h16-17H,1-15H2. The smallest absolute Gasteiger partial charge is 0.00368 e. The zero-order valence-electron chi connectivity index (χ0n) is 11.6. The molecule has 0 aromatic heterocycles. The van der Waals surface area contributed by atoms with Crippen LogP contribution >= 0.6 is 0 Å². The molecule has 0 spiro atoms. The van der Waals surface area contributed by atoms with Crippen molar-refractivity contribution in [3.63, 3.8) is 0 Å². The first-order chi connectivity index (χ1) is 8.50. The Labute approximate surface area is 108 Å². The van der Waals surface area contributed by atoms with Crippen LogP contribution in [0.5, 0.6) is 0 Å². The van der Waals surface area contributed by atoms with E-state index in [0.717, 1.165) is 0 Å². The second kappa shape index (κ2) is 12.4. The van der Waals surface area contributed by atoms with Crippen LogP contribution in [0.4, 0.5) is 0 Å². The molecule has 0 aliphatic carbocycles. The summed E-state index contributed by atoms with van der Waals surface area (Å²) in [4.78, 5) is 0. The minimum absolute atomic E-state index is 1.19. The maximum atomic E-state index is 3.54. The van der Waals surface area contributed by atoms with Gasteiger partial charge < -0.3 is 10.6 Å². The van der Waals surface area contributed by atoms with Crippen molar-refractivity contribution in [2.45, 2.75) is 70.6 Å². The van der Waals surface area contributed by atoms with Crippen LogP contribution < -0.4 is 10.6 Å². The molecule has 2 heteroatoms. The average Bonchev–Trinajstić information content (AvgIpc) is 2.35. The van der Waals surface area contributed by atoms with Crippen LogP contribution in [0.3, 0.4) is 0 Å². The lowest BCUT2D eigenvalue weighted by atomic mass is 10.1. The summed E-state index contributed by atoms with van der Waals surface area (Å²) >= 11 is 0. The minimum atomic E-state index is 1.19. The van der Waals surface area contributed by atoms with Gasteiger partial charge in [-0.1, -0.05) is 51.4 Å². The molecule has 0 amide bonds. The third-order valence-corrected chi connectivity index (χ3v) is 3.66. The van der Waals surface area contributed by atoms with E-state index in [9.17, 15) is 0 Å². The predicted molar refractivity (Wildman–Crippen MR) is 76.5 cm³/mol. The Bertz CT molecular complexity index is 78.4. The van der Waals surface area contributed by atoms with Crippen molar-refractivity contribution in [2.75, 3.05) is 26.2 Å². The lowest BCUT2D eigenvalue weighted by Gasteiger charge is -2.06. The fourth-order valence-electron chi connectivity index (χ4n) is 2.50. The van der Waals surface area contributed by atoms with Crippen LogP contribution in [0.25, 0.3) is 0 Å². The highest BCUT2D eigenvalue weighted by Gasteiger charge is 1.95. The Morgan fingerprint density at radius 3 is 1.00 bits per heavy atom. The van der Waals surface area contributed by atoms with Gasteiger partial charge >= 0.3 is 0 Å². The largest absolute Gasteiger partial charge is 0.317 e. The molecule has 2 N–H and O–H groups in total. The van der Waals surface area contributed by atoms with Gasteiger partial charge in [0.05, 0.1) is 0 Å². The van der Waals surface area contributed by atoms with Gasteiger partial charge in [0, 0.05) is 0 Å². The van der Waals surface area contributed by atoms with Gasteiger partial charge in [-0.05, 0) is 45.4 Å². The Balaban J connectivity index is 2.01. The molecule has 0 bridgehead atoms. The molecule has 0 aromatic rings. The highest BCUT2D eigenvalue weighted by atomic mass is 14.9. The van der Waals surface area contributed by atoms with Crippen LogP contribution in [0, 0.1) is 0 Å². The van der Waals surface area contributed by atoms with E-state index in [0.29, 0.717) is 0 Å². The highest BCUT2D eigenvalue weighted by Crippen LogP contribution is 2.10. The first kappa shape index (κ1) is 15.0. The molecule has 1 aliphatic heterocycles. The normalized spacial score (nSPS) is 24.0. The fraction of sp³-hybridized carbons (Fsp3) is 1.00. The van der Waals surface area contributed by atoms with Crippen LogP contribution in [0.1, 0.15) is 70.6 Å². The van der Waals surface area contributed by atoms with Crippen molar-refractivity contribution in [3.8, 4) is 0 Å². The monoisotopic (exact) mass is 240 g/mol. The summed E-state index contributed by atoms with van der Waals surface area (Å²) < 4.78 is 0. The van der Waals surface area contributed by atoms with Crippen LogP contribution in [0.15, 0.2) is 0 Å². The van der Waals surface area contributed by atoms with Gasteiger partial charge in [0.25, 0.3) is 0 Å². The number of nitrogens with one attached hydrogen (secondary N) is 2. The van der Waals surface area contributed by atoms with E-state index >= 15 is 0 Å². The molecule has 0 atom stereocenters. The van der Waals surface area contributed by atoms with Gasteiger partial charge in [-0.3, -0.25) is 0 Å². The summed E-state index contributed by atoms with van der Waals surface area (Å²) in [5.74, 6) is 0. The van der Waals surface area contributed by atoms with Gasteiger partial charge in [0.2, 0.25) is 0 Å². The molecular weight excluding hydrogens is 208 g/mol. The summed E-state index contributed by atoms with van der Waals surface area (Å²) in [6, 6.07) is 0. The van der Waals surface area contributed by atoms with Crippen LogP contribution in [-0.2, 0) is 0 Å². The average molecular weight is 240 g/mol. The Morgan fingerprint density at radius 2 is 0.588 bits per heavy atom. The molecule has 1 aliphatic rings. The molecule has 1 heterocycles. The summed E-state index contributed by atoms with van der Waals surface area (Å²) in [7, 11) is 0. The first-order valence-corrected chi connectivity index (χ1v) is 7.91. The van der Waals surface area contributed by atoms with Crippen molar-refractivity contribution < 1.29 is 0 Å². The Hall–Kier alpha value is -0.0800. The van der Waals surface area contributed by atoms with Crippen molar-refractivity contribution in [3.05, 3.63) is 0 Å². The lowest BCUT2D eigenvalue weighted by Crippen LogP contribution is -2.23. The fourth-order valence-corrected chi connectivity index (χ4v) is 2.50. The van der Waals surface area contributed by atoms with Gasteiger partial charge in [-0.25, -0.2) is 0 Å². The van der Waals surface area contributed by atoms with Crippen LogP contribution in [-0.4, -0.2) is 26.2 Å². The molecule has 2 nitrogen and oxygen atoms in total. The minimum Gasteiger partial charge on any atom is -0.317 e. The lowest BCUT2D eigenvalue weighted by molar-refractivity contribution is 0.543. The Kier molecular flexibility index (Phi) is 10.9. The number of hydrogen-bond donors (Lipinski definition) is 2. The van der Waals surface area contributed by atoms with Crippen molar-refractivity contribution in [2.24, 2.45) is 0 Å². The van der Waals surface area contributed by atoms with E-state index < -0.39 is 0 Å². The topological polar surface area (TPSA) is 24.1 Å². The van der Waals surface area contributed by atoms with Crippen molar-refractivity contribution >= 4 is 0 Å². The molecule has 17 heavy (non-hydrogen) atoms. The third kappa shape index (κ3) is 10.8. The highest BCUT2D eigenvalue weighted by molar-refractivity contribution is 4.55. The molecule has 0 radical (unpaired) electrons. The maximum Gasteiger partial charge on any atom is -0.00368 e. The van der Waals surface area contributed by atoms with Crippen LogP contribution in [0.2, 0.25) is 0 Å². The molecule has 1 saturated heterocycles. The molecule has 102 valence electrons. The number of rotatable bonds is 0. The summed E-state index contributed by atoms with van der Waals surface area (Å²) in [5, 5.41) is 7.08. The zero-order chi connectivity index (χ0) is 12.0. The van der Waals surface area contributed by atoms with Gasteiger partial charge in [-0.2, -0.15) is 0 Å². The van der Waals surface area contributed by atoms with Gasteiger partial charge in [0.1, 0.15) is 0 Å². The zero-order valence-corrected chi connectivity index (χ0v) is 11.6. The quantitative estimate of drug-likeness (QED) is 0.677. The SMILES string of the molecule is C1CCCCCCNCCCNCCCCC1.